The van der Waals surface area contributed by atoms with Crippen LogP contribution < -0.4 is 18.9 Å². The molecule has 0 N–H and O–H groups in total. The van der Waals surface area contributed by atoms with E-state index in [1.165, 1.54) is 33.4 Å². The highest BCUT2D eigenvalue weighted by molar-refractivity contribution is 5.53. The summed E-state index contributed by atoms with van der Waals surface area (Å²) in [7, 11) is 0. The molecule has 0 fully saturated rings. The van der Waals surface area contributed by atoms with Gasteiger partial charge in [0.1, 0.15) is 23.0 Å². The SMILES string of the molecule is C=CCCOc1ccc(C(C)(c2ccccc2)c2ccc(OCCCCOc3ccc(C(C)(c4ccccc4)c4ccc(OCCC=C)cc4)cc3)cc2)cc1. The molecule has 6 rings (SSSR count). The maximum atomic E-state index is 6.18. The first-order chi connectivity index (χ1) is 27.4. The van der Waals surface area contributed by atoms with Crippen LogP contribution >= 0.6 is 0 Å². The molecule has 286 valence electrons. The minimum atomic E-state index is -0.346. The van der Waals surface area contributed by atoms with Gasteiger partial charge in [0, 0.05) is 10.8 Å². The van der Waals surface area contributed by atoms with E-state index in [9.17, 15) is 0 Å². The molecule has 6 aromatic rings. The molecule has 0 heterocycles. The van der Waals surface area contributed by atoms with E-state index in [0.29, 0.717) is 26.4 Å². The number of rotatable bonds is 21. The Bertz CT molecular complexity index is 1920. The second-order valence-corrected chi connectivity index (χ2v) is 14.3. The van der Waals surface area contributed by atoms with Crippen molar-refractivity contribution in [2.24, 2.45) is 0 Å². The molecule has 0 radical (unpaired) electrons. The first-order valence-electron chi connectivity index (χ1n) is 19.7. The van der Waals surface area contributed by atoms with Crippen LogP contribution in [0.25, 0.3) is 0 Å². The zero-order valence-corrected chi connectivity index (χ0v) is 32.9. The molecule has 0 bridgehead atoms. The monoisotopic (exact) mass is 742 g/mol. The first-order valence-corrected chi connectivity index (χ1v) is 19.7. The van der Waals surface area contributed by atoms with E-state index in [0.717, 1.165) is 48.7 Å². The lowest BCUT2D eigenvalue weighted by molar-refractivity contribution is 0.266. The van der Waals surface area contributed by atoms with Crippen molar-refractivity contribution < 1.29 is 18.9 Å². The van der Waals surface area contributed by atoms with E-state index in [1.54, 1.807) is 0 Å². The molecule has 0 aromatic heterocycles. The van der Waals surface area contributed by atoms with Crippen LogP contribution in [0, 0.1) is 0 Å². The maximum absolute atomic E-state index is 6.18. The zero-order chi connectivity index (χ0) is 39.1. The van der Waals surface area contributed by atoms with Crippen molar-refractivity contribution >= 4 is 0 Å². The third-order valence-corrected chi connectivity index (χ3v) is 10.7. The topological polar surface area (TPSA) is 36.9 Å². The molecule has 0 saturated carbocycles. The second kappa shape index (κ2) is 19.5. The Kier molecular flexibility index (Phi) is 13.9. The average Bonchev–Trinajstić information content (AvgIpc) is 3.26. The smallest absolute Gasteiger partial charge is 0.119 e. The quantitative estimate of drug-likeness (QED) is 0.0418. The van der Waals surface area contributed by atoms with E-state index in [1.807, 2.05) is 12.2 Å². The predicted octanol–water partition coefficient (Wildman–Crippen LogP) is 12.5. The standard InChI is InChI=1S/C52H54O4/c1-5-7-37-53-47-29-21-43(22-30-47)51(3,41-17-11-9-12-18-41)45-25-33-49(34-26-45)55-39-15-16-40-56-50-35-27-46(28-36-50)52(4,42-19-13-10-14-20-42)44-23-31-48(32-24-44)54-38-8-6-2/h5-6,9-14,17-36H,1-2,7-8,15-16,37-40H2,3-4H3. The highest BCUT2D eigenvalue weighted by Crippen LogP contribution is 2.41. The normalized spacial score (nSPS) is 13.1. The van der Waals surface area contributed by atoms with Crippen molar-refractivity contribution in [3.05, 3.63) is 216 Å². The van der Waals surface area contributed by atoms with E-state index in [2.05, 4.69) is 185 Å². The van der Waals surface area contributed by atoms with Crippen molar-refractivity contribution in [2.75, 3.05) is 26.4 Å². The summed E-state index contributed by atoms with van der Waals surface area (Å²) in [4.78, 5) is 0. The zero-order valence-electron chi connectivity index (χ0n) is 32.9. The van der Waals surface area contributed by atoms with Crippen LogP contribution in [-0.2, 0) is 10.8 Å². The Labute approximate surface area is 334 Å². The van der Waals surface area contributed by atoms with E-state index in [-0.39, 0.29) is 10.8 Å². The van der Waals surface area contributed by atoms with Gasteiger partial charge in [-0.05, 0) is 121 Å². The molecule has 0 spiro atoms. The van der Waals surface area contributed by atoms with Gasteiger partial charge in [-0.2, -0.15) is 0 Å². The lowest BCUT2D eigenvalue weighted by Crippen LogP contribution is -2.25. The molecule has 6 aromatic carbocycles. The molecular weight excluding hydrogens is 689 g/mol. The number of hydrogen-bond acceptors (Lipinski definition) is 4. The molecular formula is C52H54O4. The number of hydrogen-bond donors (Lipinski definition) is 0. The summed E-state index contributed by atoms with van der Waals surface area (Å²) in [5.74, 6) is 3.46. The summed E-state index contributed by atoms with van der Waals surface area (Å²) in [5.41, 5.74) is 6.55. The van der Waals surface area contributed by atoms with Crippen LogP contribution in [0.15, 0.2) is 183 Å². The number of unbranched alkanes of at least 4 members (excludes halogenated alkanes) is 1. The third kappa shape index (κ3) is 9.62. The van der Waals surface area contributed by atoms with E-state index < -0.39 is 0 Å². The molecule has 2 atom stereocenters. The largest absolute Gasteiger partial charge is 0.494 e. The molecule has 56 heavy (non-hydrogen) atoms. The Balaban J connectivity index is 1.02. The minimum Gasteiger partial charge on any atom is -0.494 e. The Hall–Kier alpha value is -6.00. The molecule has 0 aliphatic heterocycles. The van der Waals surface area contributed by atoms with E-state index in [4.69, 9.17) is 18.9 Å². The van der Waals surface area contributed by atoms with Gasteiger partial charge >= 0.3 is 0 Å². The molecule has 0 saturated heterocycles. The van der Waals surface area contributed by atoms with Crippen molar-refractivity contribution in [1.82, 2.24) is 0 Å². The molecule has 0 aliphatic carbocycles. The summed E-state index contributed by atoms with van der Waals surface area (Å²) >= 11 is 0. The summed E-state index contributed by atoms with van der Waals surface area (Å²) in [5, 5.41) is 0. The van der Waals surface area contributed by atoms with E-state index >= 15 is 0 Å². The minimum absolute atomic E-state index is 0.346. The fraction of sp³-hybridized carbons (Fsp3) is 0.231. The molecule has 4 heteroatoms. The van der Waals surface area contributed by atoms with Gasteiger partial charge in [-0.1, -0.05) is 121 Å². The van der Waals surface area contributed by atoms with Crippen LogP contribution in [0.1, 0.15) is 72.9 Å². The summed E-state index contributed by atoms with van der Waals surface area (Å²) in [6.45, 7) is 14.6. The van der Waals surface area contributed by atoms with Gasteiger partial charge in [0.25, 0.3) is 0 Å². The molecule has 0 amide bonds. The highest BCUT2D eigenvalue weighted by Gasteiger charge is 2.32. The van der Waals surface area contributed by atoms with Crippen molar-refractivity contribution in [3.8, 4) is 23.0 Å². The van der Waals surface area contributed by atoms with Gasteiger partial charge in [-0.3, -0.25) is 0 Å². The molecule has 2 unspecified atom stereocenters. The van der Waals surface area contributed by atoms with Gasteiger partial charge < -0.3 is 18.9 Å². The second-order valence-electron chi connectivity index (χ2n) is 14.3. The average molecular weight is 743 g/mol. The fourth-order valence-electron chi connectivity index (χ4n) is 7.19. The van der Waals surface area contributed by atoms with Crippen LogP contribution in [0.4, 0.5) is 0 Å². The van der Waals surface area contributed by atoms with Crippen molar-refractivity contribution in [1.29, 1.82) is 0 Å². The van der Waals surface area contributed by atoms with Gasteiger partial charge in [-0.25, -0.2) is 0 Å². The van der Waals surface area contributed by atoms with Gasteiger partial charge in [-0.15, -0.1) is 13.2 Å². The predicted molar refractivity (Wildman–Crippen MR) is 231 cm³/mol. The lowest BCUT2D eigenvalue weighted by Gasteiger charge is -2.32. The number of ether oxygens (including phenoxy) is 4. The Morgan fingerprint density at radius 2 is 0.607 bits per heavy atom. The van der Waals surface area contributed by atoms with Crippen molar-refractivity contribution in [3.63, 3.8) is 0 Å². The third-order valence-electron chi connectivity index (χ3n) is 10.7. The summed E-state index contributed by atoms with van der Waals surface area (Å²) in [6, 6.07) is 55.2. The van der Waals surface area contributed by atoms with Crippen molar-refractivity contribution in [2.45, 2.75) is 50.4 Å². The highest BCUT2D eigenvalue weighted by atomic mass is 16.5. The van der Waals surface area contributed by atoms with Gasteiger partial charge in [0.15, 0.2) is 0 Å². The van der Waals surface area contributed by atoms with Crippen LogP contribution in [0.2, 0.25) is 0 Å². The molecule has 0 aliphatic rings. The maximum Gasteiger partial charge on any atom is 0.119 e. The summed E-state index contributed by atoms with van der Waals surface area (Å²) < 4.78 is 24.1. The van der Waals surface area contributed by atoms with Gasteiger partial charge in [0.2, 0.25) is 0 Å². The Morgan fingerprint density at radius 3 is 0.875 bits per heavy atom. The molecule has 4 nitrogen and oxygen atoms in total. The van der Waals surface area contributed by atoms with Crippen LogP contribution in [0.5, 0.6) is 23.0 Å². The van der Waals surface area contributed by atoms with Crippen LogP contribution in [-0.4, -0.2) is 26.4 Å². The first kappa shape index (κ1) is 39.7. The Morgan fingerprint density at radius 1 is 0.357 bits per heavy atom. The number of benzene rings is 6. The van der Waals surface area contributed by atoms with Gasteiger partial charge in [0.05, 0.1) is 26.4 Å². The lowest BCUT2D eigenvalue weighted by atomic mass is 9.71. The van der Waals surface area contributed by atoms with Crippen LogP contribution in [0.3, 0.4) is 0 Å². The summed E-state index contributed by atoms with van der Waals surface area (Å²) in [6.07, 6.45) is 7.17. The fourth-order valence-corrected chi connectivity index (χ4v) is 7.19.